The number of hydrogen-bond acceptors (Lipinski definition) is 3. The summed E-state index contributed by atoms with van der Waals surface area (Å²) in [4.78, 5) is 0.255. The lowest BCUT2D eigenvalue weighted by Crippen LogP contribution is -2.21. The number of nitrogen functional groups attached to an aromatic ring is 1. The van der Waals surface area contributed by atoms with Gasteiger partial charge in [0.25, 0.3) is 0 Å². The van der Waals surface area contributed by atoms with E-state index in [2.05, 4.69) is 0 Å². The lowest BCUT2D eigenvalue weighted by molar-refractivity contribution is 0.0725. The van der Waals surface area contributed by atoms with Crippen LogP contribution in [0.4, 0.5) is 10.1 Å². The molecule has 0 spiro atoms. The van der Waals surface area contributed by atoms with Crippen molar-refractivity contribution in [2.45, 2.75) is 17.7 Å². The number of rotatable bonds is 3. The number of halogens is 1. The second kappa shape index (κ2) is 5.60. The zero-order chi connectivity index (χ0) is 12.3. The van der Waals surface area contributed by atoms with Crippen molar-refractivity contribution < 1.29 is 13.3 Å². The quantitative estimate of drug-likeness (QED) is 0.842. The van der Waals surface area contributed by atoms with Gasteiger partial charge in [0.2, 0.25) is 0 Å². The zero-order valence-electron chi connectivity index (χ0n) is 9.52. The molecule has 1 saturated heterocycles. The van der Waals surface area contributed by atoms with Gasteiger partial charge in [-0.1, -0.05) is 0 Å². The van der Waals surface area contributed by atoms with Gasteiger partial charge in [0.1, 0.15) is 5.82 Å². The second-order valence-corrected chi connectivity index (χ2v) is 5.72. The van der Waals surface area contributed by atoms with Crippen molar-refractivity contribution in [3.63, 3.8) is 0 Å². The van der Waals surface area contributed by atoms with Crippen LogP contribution in [0.1, 0.15) is 12.8 Å². The molecular weight excluding hydrogens is 241 g/mol. The Morgan fingerprint density at radius 2 is 2.12 bits per heavy atom. The molecule has 1 unspecified atom stereocenters. The van der Waals surface area contributed by atoms with Crippen molar-refractivity contribution >= 4 is 16.5 Å². The van der Waals surface area contributed by atoms with Crippen LogP contribution in [-0.2, 0) is 15.5 Å². The lowest BCUT2D eigenvalue weighted by Gasteiger charge is -2.21. The van der Waals surface area contributed by atoms with Crippen LogP contribution in [-0.4, -0.2) is 23.2 Å². The van der Waals surface area contributed by atoms with Crippen molar-refractivity contribution in [3.05, 3.63) is 24.0 Å². The Kier molecular flexibility index (Phi) is 4.12. The molecule has 1 heterocycles. The molecule has 1 aliphatic rings. The van der Waals surface area contributed by atoms with E-state index in [1.54, 1.807) is 6.07 Å². The Bertz CT molecular complexity index is 419. The SMILES string of the molecule is Nc1ccc(S(=O)CC2CCOCC2)c(F)c1. The molecule has 0 bridgehead atoms. The van der Waals surface area contributed by atoms with E-state index < -0.39 is 16.6 Å². The topological polar surface area (TPSA) is 52.3 Å². The molecule has 1 aliphatic heterocycles. The smallest absolute Gasteiger partial charge is 0.141 e. The molecule has 0 aliphatic carbocycles. The molecule has 0 saturated carbocycles. The molecule has 0 aromatic heterocycles. The Morgan fingerprint density at radius 1 is 1.41 bits per heavy atom. The molecule has 1 atom stereocenters. The van der Waals surface area contributed by atoms with Gasteiger partial charge in [-0.05, 0) is 37.0 Å². The minimum atomic E-state index is -1.29. The van der Waals surface area contributed by atoms with Gasteiger partial charge in [0, 0.05) is 24.7 Å². The Labute approximate surface area is 103 Å². The highest BCUT2D eigenvalue weighted by atomic mass is 32.2. The van der Waals surface area contributed by atoms with Crippen LogP contribution < -0.4 is 5.73 Å². The molecule has 2 rings (SSSR count). The minimum absolute atomic E-state index is 0.255. The van der Waals surface area contributed by atoms with Crippen molar-refractivity contribution in [2.24, 2.45) is 5.92 Å². The Morgan fingerprint density at radius 3 is 2.76 bits per heavy atom. The lowest BCUT2D eigenvalue weighted by atomic mass is 10.0. The molecule has 94 valence electrons. The largest absolute Gasteiger partial charge is 0.399 e. The van der Waals surface area contributed by atoms with Crippen LogP contribution in [0.2, 0.25) is 0 Å². The van der Waals surface area contributed by atoms with Crippen LogP contribution in [0, 0.1) is 11.7 Å². The summed E-state index contributed by atoms with van der Waals surface area (Å²) in [6.07, 6.45) is 1.81. The fourth-order valence-electron chi connectivity index (χ4n) is 1.92. The van der Waals surface area contributed by atoms with Gasteiger partial charge in [-0.3, -0.25) is 4.21 Å². The second-order valence-electron chi connectivity index (χ2n) is 4.26. The van der Waals surface area contributed by atoms with Crippen molar-refractivity contribution in [1.29, 1.82) is 0 Å². The first-order valence-electron chi connectivity index (χ1n) is 5.68. The maximum atomic E-state index is 13.6. The molecule has 17 heavy (non-hydrogen) atoms. The predicted molar refractivity (Wildman–Crippen MR) is 65.6 cm³/mol. The first-order chi connectivity index (χ1) is 8.16. The average Bonchev–Trinajstić information content (AvgIpc) is 2.30. The van der Waals surface area contributed by atoms with Crippen LogP contribution in [0.25, 0.3) is 0 Å². The van der Waals surface area contributed by atoms with Gasteiger partial charge >= 0.3 is 0 Å². The van der Waals surface area contributed by atoms with Crippen molar-refractivity contribution in [2.75, 3.05) is 24.7 Å². The maximum Gasteiger partial charge on any atom is 0.141 e. The van der Waals surface area contributed by atoms with Crippen LogP contribution in [0.15, 0.2) is 23.1 Å². The van der Waals surface area contributed by atoms with E-state index in [0.29, 0.717) is 30.6 Å². The number of benzene rings is 1. The van der Waals surface area contributed by atoms with E-state index in [0.717, 1.165) is 12.8 Å². The molecular formula is C12H16FNO2S. The normalized spacial score (nSPS) is 19.1. The highest BCUT2D eigenvalue weighted by molar-refractivity contribution is 7.85. The van der Waals surface area contributed by atoms with Crippen LogP contribution in [0.3, 0.4) is 0 Å². The molecule has 2 N–H and O–H groups in total. The van der Waals surface area contributed by atoms with E-state index in [1.165, 1.54) is 12.1 Å². The third-order valence-electron chi connectivity index (χ3n) is 2.93. The summed E-state index contributed by atoms with van der Waals surface area (Å²) in [5, 5.41) is 0. The fourth-order valence-corrected chi connectivity index (χ4v) is 3.36. The van der Waals surface area contributed by atoms with Gasteiger partial charge in [-0.2, -0.15) is 0 Å². The van der Waals surface area contributed by atoms with Crippen LogP contribution >= 0.6 is 0 Å². The summed E-state index contributed by atoms with van der Waals surface area (Å²) >= 11 is 0. The molecule has 3 nitrogen and oxygen atoms in total. The van der Waals surface area contributed by atoms with E-state index in [-0.39, 0.29) is 4.90 Å². The highest BCUT2D eigenvalue weighted by Crippen LogP contribution is 2.21. The third-order valence-corrected chi connectivity index (χ3v) is 4.52. The Hall–Kier alpha value is -0.940. The molecule has 1 aromatic carbocycles. The van der Waals surface area contributed by atoms with E-state index in [1.807, 2.05) is 0 Å². The van der Waals surface area contributed by atoms with Gasteiger partial charge in [-0.25, -0.2) is 4.39 Å². The fraction of sp³-hybridized carbons (Fsp3) is 0.500. The van der Waals surface area contributed by atoms with Gasteiger partial charge in [0.15, 0.2) is 0 Å². The molecule has 1 fully saturated rings. The summed E-state index contributed by atoms with van der Waals surface area (Å²) in [5.41, 5.74) is 5.81. The van der Waals surface area contributed by atoms with Gasteiger partial charge in [-0.15, -0.1) is 0 Å². The number of nitrogens with two attached hydrogens (primary N) is 1. The average molecular weight is 257 g/mol. The summed E-state index contributed by atoms with van der Waals surface area (Å²) < 4.78 is 30.8. The van der Waals surface area contributed by atoms with Crippen LogP contribution in [0.5, 0.6) is 0 Å². The van der Waals surface area contributed by atoms with E-state index >= 15 is 0 Å². The third kappa shape index (κ3) is 3.26. The number of ether oxygens (including phenoxy) is 1. The molecule has 0 amide bonds. The highest BCUT2D eigenvalue weighted by Gasteiger charge is 2.19. The first kappa shape index (κ1) is 12.5. The van der Waals surface area contributed by atoms with Gasteiger partial charge < -0.3 is 10.5 Å². The van der Waals surface area contributed by atoms with Gasteiger partial charge in [0.05, 0.1) is 15.7 Å². The first-order valence-corrected chi connectivity index (χ1v) is 7.00. The zero-order valence-corrected chi connectivity index (χ0v) is 10.3. The molecule has 1 aromatic rings. The van der Waals surface area contributed by atoms with Crippen molar-refractivity contribution in [1.82, 2.24) is 0 Å². The monoisotopic (exact) mass is 257 g/mol. The maximum absolute atomic E-state index is 13.6. The standard InChI is InChI=1S/C12H16FNO2S/c13-11-7-10(14)1-2-12(11)17(15)8-9-3-5-16-6-4-9/h1-2,7,9H,3-6,8,14H2. The van der Waals surface area contributed by atoms with E-state index in [9.17, 15) is 8.60 Å². The van der Waals surface area contributed by atoms with Crippen molar-refractivity contribution in [3.8, 4) is 0 Å². The summed E-state index contributed by atoms with van der Waals surface area (Å²) in [6.45, 7) is 1.43. The molecule has 5 heteroatoms. The number of anilines is 1. The predicted octanol–water partition coefficient (Wildman–Crippen LogP) is 1.94. The Balaban J connectivity index is 2.03. The molecule has 0 radical (unpaired) electrons. The van der Waals surface area contributed by atoms with E-state index in [4.69, 9.17) is 10.5 Å². The number of hydrogen-bond donors (Lipinski definition) is 1. The summed E-state index contributed by atoms with van der Waals surface area (Å²) in [5.74, 6) is 0.390. The summed E-state index contributed by atoms with van der Waals surface area (Å²) in [7, 11) is -1.29. The minimum Gasteiger partial charge on any atom is -0.399 e. The summed E-state index contributed by atoms with van der Waals surface area (Å²) in [6, 6.07) is 4.32.